The minimum Gasteiger partial charge on any atom is -0.0955 e. The summed E-state index contributed by atoms with van der Waals surface area (Å²) in [5.74, 6) is 0.558. The summed E-state index contributed by atoms with van der Waals surface area (Å²) < 4.78 is 0. The van der Waals surface area contributed by atoms with E-state index in [9.17, 15) is 0 Å². The van der Waals surface area contributed by atoms with Crippen molar-refractivity contribution in [3.63, 3.8) is 0 Å². The molecule has 0 nitrogen and oxygen atoms in total. The Morgan fingerprint density at radius 1 is 0.841 bits per heavy atom. The first-order valence-electron chi connectivity index (χ1n) is 16.7. The smallest absolute Gasteiger partial charge is 0.0201 e. The number of rotatable bonds is 11. The summed E-state index contributed by atoms with van der Waals surface area (Å²) in [6.45, 7) is 24.6. The Labute approximate surface area is 267 Å². The van der Waals surface area contributed by atoms with Gasteiger partial charge in [0.1, 0.15) is 0 Å². The maximum Gasteiger partial charge on any atom is 0.0201 e. The number of aryl methyl sites for hydroxylation is 4. The Balaban J connectivity index is 1.43. The largest absolute Gasteiger partial charge is 0.0955 e. The average molecular weight is 579 g/mol. The predicted octanol–water partition coefficient (Wildman–Crippen LogP) is 12.0. The van der Waals surface area contributed by atoms with Crippen LogP contribution in [0.1, 0.15) is 98.7 Å². The molecule has 3 aromatic rings. The van der Waals surface area contributed by atoms with Crippen LogP contribution in [0.3, 0.4) is 0 Å². The molecule has 5 rings (SSSR count). The van der Waals surface area contributed by atoms with Gasteiger partial charge in [-0.1, -0.05) is 143 Å². The maximum absolute atomic E-state index is 4.78. The number of benzene rings is 3. The molecule has 0 saturated heterocycles. The zero-order valence-corrected chi connectivity index (χ0v) is 27.7. The maximum atomic E-state index is 4.78. The molecule has 1 fully saturated rings. The van der Waals surface area contributed by atoms with Gasteiger partial charge in [-0.2, -0.15) is 0 Å². The van der Waals surface area contributed by atoms with Gasteiger partial charge in [0, 0.05) is 11.8 Å². The monoisotopic (exact) mass is 578 g/mol. The summed E-state index contributed by atoms with van der Waals surface area (Å²) in [5, 5.41) is 0. The lowest BCUT2D eigenvalue weighted by molar-refractivity contribution is 0.618. The summed E-state index contributed by atoms with van der Waals surface area (Å²) in [5.41, 5.74) is 19.0. The highest BCUT2D eigenvalue weighted by Gasteiger charge is 2.41. The molecular formula is C44H50. The minimum absolute atomic E-state index is 0.270. The van der Waals surface area contributed by atoms with Crippen molar-refractivity contribution in [2.75, 3.05) is 0 Å². The fourth-order valence-corrected chi connectivity index (χ4v) is 7.43. The number of hydrogen-bond acceptors (Lipinski definition) is 0. The van der Waals surface area contributed by atoms with E-state index in [1.165, 1.54) is 72.4 Å². The van der Waals surface area contributed by atoms with E-state index in [0.717, 1.165) is 50.5 Å². The summed E-state index contributed by atoms with van der Waals surface area (Å²) in [6, 6.07) is 25.2. The second-order valence-corrected chi connectivity index (χ2v) is 13.0. The van der Waals surface area contributed by atoms with Crippen molar-refractivity contribution in [1.29, 1.82) is 0 Å². The highest BCUT2D eigenvalue weighted by atomic mass is 14.4. The molecule has 2 aliphatic rings. The van der Waals surface area contributed by atoms with Crippen LogP contribution in [0.2, 0.25) is 0 Å². The van der Waals surface area contributed by atoms with E-state index >= 15 is 0 Å². The van der Waals surface area contributed by atoms with Crippen molar-refractivity contribution in [3.8, 4) is 0 Å². The van der Waals surface area contributed by atoms with Crippen molar-refractivity contribution in [2.45, 2.75) is 85.5 Å². The Kier molecular flexibility index (Phi) is 9.90. The third-order valence-corrected chi connectivity index (χ3v) is 9.78. The van der Waals surface area contributed by atoms with Crippen molar-refractivity contribution in [3.05, 3.63) is 165 Å². The number of hydrogen-bond donors (Lipinski definition) is 0. The Hall–Kier alpha value is -3.90. The van der Waals surface area contributed by atoms with Crippen LogP contribution in [-0.4, -0.2) is 0 Å². The number of allylic oxidation sites excluding steroid dienone is 8. The quantitative estimate of drug-likeness (QED) is 0.212. The first kappa shape index (κ1) is 31.5. The van der Waals surface area contributed by atoms with E-state index in [2.05, 4.69) is 127 Å². The highest BCUT2D eigenvalue weighted by Crippen LogP contribution is 2.55. The van der Waals surface area contributed by atoms with Crippen molar-refractivity contribution < 1.29 is 0 Å². The van der Waals surface area contributed by atoms with Gasteiger partial charge in [0.2, 0.25) is 0 Å². The number of fused-ring (bicyclic) bond motifs is 1. The lowest BCUT2D eigenvalue weighted by Crippen LogP contribution is -2.21. The molecule has 3 aromatic carbocycles. The van der Waals surface area contributed by atoms with Gasteiger partial charge in [0.05, 0.1) is 0 Å². The molecule has 0 radical (unpaired) electrons. The van der Waals surface area contributed by atoms with E-state index in [1.54, 1.807) is 0 Å². The molecule has 0 amide bonds. The van der Waals surface area contributed by atoms with Crippen molar-refractivity contribution >= 4 is 11.6 Å². The zero-order valence-electron chi connectivity index (χ0n) is 27.7. The van der Waals surface area contributed by atoms with Crippen LogP contribution in [-0.2, 0) is 25.7 Å². The van der Waals surface area contributed by atoms with Gasteiger partial charge in [0.25, 0.3) is 0 Å². The van der Waals surface area contributed by atoms with Gasteiger partial charge < -0.3 is 0 Å². The molecule has 2 atom stereocenters. The molecule has 2 aliphatic carbocycles. The van der Waals surface area contributed by atoms with Crippen LogP contribution < -0.4 is 0 Å². The van der Waals surface area contributed by atoms with Crippen LogP contribution in [0, 0.1) is 5.92 Å². The van der Waals surface area contributed by atoms with Gasteiger partial charge in [-0.05, 0) is 114 Å². The van der Waals surface area contributed by atoms with E-state index in [0.29, 0.717) is 0 Å². The van der Waals surface area contributed by atoms with Crippen LogP contribution >= 0.6 is 0 Å². The Morgan fingerprint density at radius 2 is 1.57 bits per heavy atom. The second kappa shape index (κ2) is 13.8. The normalized spacial score (nSPS) is 18.9. The van der Waals surface area contributed by atoms with Gasteiger partial charge in [-0.3, -0.25) is 0 Å². The molecule has 0 aromatic heterocycles. The molecule has 0 aliphatic heterocycles. The summed E-state index contributed by atoms with van der Waals surface area (Å²) >= 11 is 0. The summed E-state index contributed by atoms with van der Waals surface area (Å²) in [4.78, 5) is 0. The third-order valence-electron chi connectivity index (χ3n) is 9.78. The van der Waals surface area contributed by atoms with Crippen LogP contribution in [0.15, 0.2) is 126 Å². The van der Waals surface area contributed by atoms with Crippen LogP contribution in [0.4, 0.5) is 0 Å². The molecule has 1 saturated carbocycles. The molecule has 44 heavy (non-hydrogen) atoms. The standard InChI is InChI=1S/C44H50/c1-9-13-30(6)42-31(7)24-41-28-40(32(8)43(41)44(42)39-23-22-36(10-2)37(11-3)27-39)26-35-15-12-14-34(25-35)17-16-33-18-20-38(21-19-33)29(4)5/h12,14-15,18-27,43-44H,4,6,8-11,13,16-17,28H2,1-3,5,7H3/b40-26+. The lowest BCUT2D eigenvalue weighted by atomic mass is 9.68. The predicted molar refractivity (Wildman–Crippen MR) is 193 cm³/mol. The third kappa shape index (κ3) is 6.61. The van der Waals surface area contributed by atoms with Crippen LogP contribution in [0.25, 0.3) is 11.6 Å². The highest BCUT2D eigenvalue weighted by molar-refractivity contribution is 5.68. The molecule has 0 heteroatoms. The molecule has 226 valence electrons. The topological polar surface area (TPSA) is 0 Å². The van der Waals surface area contributed by atoms with E-state index in [-0.39, 0.29) is 11.8 Å². The molecule has 2 unspecified atom stereocenters. The molecule has 0 spiro atoms. The van der Waals surface area contributed by atoms with Gasteiger partial charge in [-0.15, -0.1) is 0 Å². The van der Waals surface area contributed by atoms with Crippen molar-refractivity contribution in [2.24, 2.45) is 5.92 Å². The molecular weight excluding hydrogens is 528 g/mol. The SMILES string of the molecule is C=C(CCC)C1=C(C)C=C2C/C(=C\c3cccc(CCc4ccc(C(=C)C)cc4)c3)C(=C)C2C1c1ccc(CC)c(CC)c1. The first-order valence-corrected chi connectivity index (χ1v) is 16.7. The second-order valence-electron chi connectivity index (χ2n) is 13.0. The van der Waals surface area contributed by atoms with Gasteiger partial charge >= 0.3 is 0 Å². The van der Waals surface area contributed by atoms with E-state index < -0.39 is 0 Å². The van der Waals surface area contributed by atoms with E-state index in [1.807, 2.05) is 0 Å². The fourth-order valence-electron chi connectivity index (χ4n) is 7.43. The first-order chi connectivity index (χ1) is 21.2. The van der Waals surface area contributed by atoms with E-state index in [4.69, 9.17) is 6.58 Å². The summed E-state index contributed by atoms with van der Waals surface area (Å²) in [7, 11) is 0. The lowest BCUT2D eigenvalue weighted by Gasteiger charge is -2.35. The minimum atomic E-state index is 0.270. The van der Waals surface area contributed by atoms with Crippen LogP contribution in [0.5, 0.6) is 0 Å². The molecule has 0 bridgehead atoms. The average Bonchev–Trinajstić information content (AvgIpc) is 3.33. The molecule has 0 N–H and O–H groups in total. The molecule has 0 heterocycles. The van der Waals surface area contributed by atoms with Crippen molar-refractivity contribution in [1.82, 2.24) is 0 Å². The zero-order chi connectivity index (χ0) is 31.4. The van der Waals surface area contributed by atoms with Gasteiger partial charge in [0.15, 0.2) is 0 Å². The fraction of sp³-hybridized carbons (Fsp3) is 0.318. The Bertz CT molecular complexity index is 1660. The Morgan fingerprint density at radius 3 is 2.25 bits per heavy atom. The summed E-state index contributed by atoms with van der Waals surface area (Å²) in [6.07, 6.45) is 12.2. The van der Waals surface area contributed by atoms with Gasteiger partial charge in [-0.25, -0.2) is 0 Å².